The fourth-order valence-electron chi connectivity index (χ4n) is 2.00. The normalized spacial score (nSPS) is 10.7. The molecular weight excluding hydrogens is 294 g/mol. The summed E-state index contributed by atoms with van der Waals surface area (Å²) in [6, 6.07) is 6.02. The number of halogens is 1. The van der Waals surface area contributed by atoms with Crippen molar-refractivity contribution in [3.05, 3.63) is 34.1 Å². The first kappa shape index (κ1) is 13.1. The zero-order valence-electron chi connectivity index (χ0n) is 10.7. The number of hydrogen-bond acceptors (Lipinski definition) is 3. The molecular formula is C13H16BrN3O. The van der Waals surface area contributed by atoms with Gasteiger partial charge in [-0.05, 0) is 46.6 Å². The first-order chi connectivity index (χ1) is 8.58. The third-order valence-corrected chi connectivity index (χ3v) is 3.65. The number of imidazole rings is 1. The number of ether oxygens (including phenoxy) is 1. The highest BCUT2D eigenvalue weighted by Gasteiger charge is 2.13. The van der Waals surface area contributed by atoms with E-state index in [1.165, 1.54) is 0 Å². The topological polar surface area (TPSA) is 53.1 Å². The monoisotopic (exact) mass is 309 g/mol. The Balaban J connectivity index is 2.52. The van der Waals surface area contributed by atoms with Crippen LogP contribution in [0.25, 0.3) is 11.4 Å². The van der Waals surface area contributed by atoms with E-state index in [-0.39, 0.29) is 0 Å². The van der Waals surface area contributed by atoms with Crippen LogP contribution in [0.2, 0.25) is 0 Å². The molecule has 0 amide bonds. The Morgan fingerprint density at radius 2 is 2.17 bits per heavy atom. The lowest BCUT2D eigenvalue weighted by Gasteiger charge is -2.08. The second-order valence-electron chi connectivity index (χ2n) is 4.12. The molecule has 0 saturated carbocycles. The van der Waals surface area contributed by atoms with E-state index in [2.05, 4.69) is 27.0 Å². The minimum Gasteiger partial charge on any atom is -0.496 e. The summed E-state index contributed by atoms with van der Waals surface area (Å²) < 4.78 is 8.07. The number of rotatable bonds is 3. The van der Waals surface area contributed by atoms with Gasteiger partial charge in [0.1, 0.15) is 16.2 Å². The minimum absolute atomic E-state index is 0.458. The van der Waals surface area contributed by atoms with Gasteiger partial charge in [0.25, 0.3) is 0 Å². The molecule has 1 aromatic carbocycles. The van der Waals surface area contributed by atoms with E-state index in [0.29, 0.717) is 6.54 Å². The third-order valence-electron chi connectivity index (χ3n) is 3.01. The van der Waals surface area contributed by atoms with Gasteiger partial charge in [0.2, 0.25) is 0 Å². The van der Waals surface area contributed by atoms with Crippen molar-refractivity contribution < 1.29 is 4.74 Å². The summed E-state index contributed by atoms with van der Waals surface area (Å²) in [6.45, 7) is 2.48. The molecule has 0 unspecified atom stereocenters. The average molecular weight is 310 g/mol. The summed E-state index contributed by atoms with van der Waals surface area (Å²) in [5.74, 6) is 1.78. The third kappa shape index (κ3) is 2.15. The molecule has 0 radical (unpaired) electrons. The number of aromatic nitrogens is 2. The van der Waals surface area contributed by atoms with Crippen LogP contribution in [-0.2, 0) is 13.6 Å². The van der Waals surface area contributed by atoms with E-state index in [1.54, 1.807) is 7.11 Å². The summed E-state index contributed by atoms with van der Waals surface area (Å²) in [7, 11) is 3.64. The smallest absolute Gasteiger partial charge is 0.141 e. The van der Waals surface area contributed by atoms with Gasteiger partial charge in [-0.3, -0.25) is 0 Å². The predicted molar refractivity (Wildman–Crippen MR) is 75.5 cm³/mol. The summed E-state index contributed by atoms with van der Waals surface area (Å²) >= 11 is 3.44. The fourth-order valence-corrected chi connectivity index (χ4v) is 2.59. The summed E-state index contributed by atoms with van der Waals surface area (Å²) in [4.78, 5) is 4.51. The van der Waals surface area contributed by atoms with E-state index >= 15 is 0 Å². The van der Waals surface area contributed by atoms with Crippen LogP contribution in [0.1, 0.15) is 11.3 Å². The lowest BCUT2D eigenvalue weighted by atomic mass is 10.1. The van der Waals surface area contributed by atoms with Crippen LogP contribution in [0, 0.1) is 6.92 Å². The fraction of sp³-hybridized carbons (Fsp3) is 0.308. The Morgan fingerprint density at radius 3 is 2.67 bits per heavy atom. The Bertz CT molecular complexity index is 578. The standard InChI is InChI=1S/C13H16BrN3O/c1-8-6-9(4-5-11(8)18-3)13-16-12(14)10(7-15)17(13)2/h4-6H,7,15H2,1-3H3. The summed E-state index contributed by atoms with van der Waals surface area (Å²) in [6.07, 6.45) is 0. The van der Waals surface area contributed by atoms with Crippen LogP contribution in [0.5, 0.6) is 5.75 Å². The highest BCUT2D eigenvalue weighted by Crippen LogP contribution is 2.28. The van der Waals surface area contributed by atoms with Gasteiger partial charge in [0.05, 0.1) is 12.8 Å². The first-order valence-corrected chi connectivity index (χ1v) is 6.44. The molecule has 0 atom stereocenters. The zero-order valence-corrected chi connectivity index (χ0v) is 12.3. The molecule has 2 N–H and O–H groups in total. The van der Waals surface area contributed by atoms with Gasteiger partial charge in [0.15, 0.2) is 0 Å². The first-order valence-electron chi connectivity index (χ1n) is 5.64. The van der Waals surface area contributed by atoms with Crippen LogP contribution in [-0.4, -0.2) is 16.7 Å². The summed E-state index contributed by atoms with van der Waals surface area (Å²) in [5, 5.41) is 0. The largest absolute Gasteiger partial charge is 0.496 e. The number of methoxy groups -OCH3 is 1. The number of benzene rings is 1. The molecule has 0 fully saturated rings. The van der Waals surface area contributed by atoms with Crippen molar-refractivity contribution >= 4 is 15.9 Å². The minimum atomic E-state index is 0.458. The van der Waals surface area contributed by atoms with Crippen molar-refractivity contribution in [2.45, 2.75) is 13.5 Å². The molecule has 4 nitrogen and oxygen atoms in total. The van der Waals surface area contributed by atoms with E-state index in [4.69, 9.17) is 10.5 Å². The second kappa shape index (κ2) is 5.12. The number of aryl methyl sites for hydroxylation is 1. The maximum absolute atomic E-state index is 5.71. The van der Waals surface area contributed by atoms with E-state index in [1.807, 2.05) is 30.7 Å². The second-order valence-corrected chi connectivity index (χ2v) is 4.87. The van der Waals surface area contributed by atoms with Crippen LogP contribution >= 0.6 is 15.9 Å². The molecule has 0 aliphatic rings. The highest BCUT2D eigenvalue weighted by molar-refractivity contribution is 9.10. The maximum Gasteiger partial charge on any atom is 0.141 e. The molecule has 0 saturated heterocycles. The molecule has 0 bridgehead atoms. The SMILES string of the molecule is COc1ccc(-c2nc(Br)c(CN)n2C)cc1C. The van der Waals surface area contributed by atoms with Gasteiger partial charge in [-0.2, -0.15) is 0 Å². The van der Waals surface area contributed by atoms with E-state index in [0.717, 1.165) is 33.0 Å². The van der Waals surface area contributed by atoms with Crippen LogP contribution in [0.3, 0.4) is 0 Å². The molecule has 0 spiro atoms. The van der Waals surface area contributed by atoms with Gasteiger partial charge < -0.3 is 15.0 Å². The number of nitrogens with zero attached hydrogens (tertiary/aromatic N) is 2. The quantitative estimate of drug-likeness (QED) is 0.948. The van der Waals surface area contributed by atoms with Gasteiger partial charge in [-0.15, -0.1) is 0 Å². The molecule has 1 heterocycles. The van der Waals surface area contributed by atoms with E-state index in [9.17, 15) is 0 Å². The Kier molecular flexibility index (Phi) is 3.73. The van der Waals surface area contributed by atoms with Crippen LogP contribution in [0.4, 0.5) is 0 Å². The van der Waals surface area contributed by atoms with Gasteiger partial charge >= 0.3 is 0 Å². The van der Waals surface area contributed by atoms with Crippen molar-refractivity contribution in [2.75, 3.05) is 7.11 Å². The molecule has 18 heavy (non-hydrogen) atoms. The number of hydrogen-bond donors (Lipinski definition) is 1. The lowest BCUT2D eigenvalue weighted by molar-refractivity contribution is 0.412. The van der Waals surface area contributed by atoms with Crippen molar-refractivity contribution in [2.24, 2.45) is 12.8 Å². The Morgan fingerprint density at radius 1 is 1.44 bits per heavy atom. The molecule has 1 aromatic heterocycles. The Hall–Kier alpha value is -1.33. The lowest BCUT2D eigenvalue weighted by Crippen LogP contribution is -2.04. The molecule has 5 heteroatoms. The molecule has 0 aliphatic carbocycles. The van der Waals surface area contributed by atoms with Crippen molar-refractivity contribution in [1.29, 1.82) is 0 Å². The molecule has 96 valence electrons. The average Bonchev–Trinajstić information content (AvgIpc) is 2.64. The van der Waals surface area contributed by atoms with Gasteiger partial charge in [-0.1, -0.05) is 0 Å². The van der Waals surface area contributed by atoms with Crippen molar-refractivity contribution in [3.8, 4) is 17.1 Å². The highest BCUT2D eigenvalue weighted by atomic mass is 79.9. The Labute approximate surface area is 115 Å². The molecule has 2 aromatic rings. The predicted octanol–water partition coefficient (Wildman–Crippen LogP) is 2.63. The maximum atomic E-state index is 5.71. The molecule has 2 rings (SSSR count). The van der Waals surface area contributed by atoms with Crippen molar-refractivity contribution in [1.82, 2.24) is 9.55 Å². The summed E-state index contributed by atoms with van der Waals surface area (Å²) in [5.41, 5.74) is 8.83. The van der Waals surface area contributed by atoms with Crippen LogP contribution in [0.15, 0.2) is 22.8 Å². The van der Waals surface area contributed by atoms with Crippen molar-refractivity contribution in [3.63, 3.8) is 0 Å². The van der Waals surface area contributed by atoms with E-state index < -0.39 is 0 Å². The zero-order chi connectivity index (χ0) is 13.3. The van der Waals surface area contributed by atoms with Crippen LogP contribution < -0.4 is 10.5 Å². The van der Waals surface area contributed by atoms with Gasteiger partial charge in [0, 0.05) is 19.2 Å². The number of nitrogens with two attached hydrogens (primary N) is 1. The molecule has 0 aliphatic heterocycles. The van der Waals surface area contributed by atoms with Gasteiger partial charge in [-0.25, -0.2) is 4.98 Å².